The first kappa shape index (κ1) is 19.3. The van der Waals surface area contributed by atoms with Crippen molar-refractivity contribution in [2.75, 3.05) is 0 Å². The number of rotatable bonds is 6. The second-order valence-corrected chi connectivity index (χ2v) is 7.65. The zero-order valence-corrected chi connectivity index (χ0v) is 16.2. The molecule has 3 rings (SSSR count). The Bertz CT molecular complexity index is 847. The minimum atomic E-state index is -0.290. The van der Waals surface area contributed by atoms with Gasteiger partial charge in [-0.25, -0.2) is 4.39 Å². The van der Waals surface area contributed by atoms with Crippen LogP contribution in [0.15, 0.2) is 58.7 Å². The Morgan fingerprint density at radius 3 is 2.52 bits per heavy atom. The van der Waals surface area contributed by atoms with Crippen LogP contribution in [-0.4, -0.2) is 27.4 Å². The fourth-order valence-corrected chi connectivity index (χ4v) is 3.96. The van der Waals surface area contributed by atoms with Crippen LogP contribution in [0.3, 0.4) is 0 Å². The molecule has 0 aromatic heterocycles. The fourth-order valence-electron chi connectivity index (χ4n) is 2.75. The first-order valence-electron chi connectivity index (χ1n) is 8.97. The number of amidine groups is 1. The lowest BCUT2D eigenvalue weighted by molar-refractivity contribution is -0.126. The Morgan fingerprint density at radius 1 is 1.15 bits per heavy atom. The Balaban J connectivity index is 1.79. The van der Waals surface area contributed by atoms with Crippen molar-refractivity contribution < 1.29 is 9.18 Å². The minimum Gasteiger partial charge on any atom is -0.284 e. The van der Waals surface area contributed by atoms with Crippen molar-refractivity contribution in [2.45, 2.75) is 38.5 Å². The predicted molar refractivity (Wildman–Crippen MR) is 109 cm³/mol. The number of thioether (sulfide) groups is 1. The number of aryl methyl sites for hydroxylation is 1. The van der Waals surface area contributed by atoms with E-state index in [0.29, 0.717) is 11.7 Å². The van der Waals surface area contributed by atoms with Crippen molar-refractivity contribution in [3.63, 3.8) is 0 Å². The van der Waals surface area contributed by atoms with E-state index >= 15 is 0 Å². The number of amides is 1. The molecule has 6 heteroatoms. The van der Waals surface area contributed by atoms with Crippen molar-refractivity contribution in [3.8, 4) is 0 Å². The number of benzene rings is 2. The van der Waals surface area contributed by atoms with Crippen molar-refractivity contribution in [1.82, 2.24) is 4.90 Å². The highest BCUT2D eigenvalue weighted by Gasteiger charge is 2.37. The van der Waals surface area contributed by atoms with Gasteiger partial charge < -0.3 is 0 Å². The maximum atomic E-state index is 13.1. The van der Waals surface area contributed by atoms with Gasteiger partial charge in [0.05, 0.1) is 18.0 Å². The zero-order valence-electron chi connectivity index (χ0n) is 15.4. The van der Waals surface area contributed by atoms with Crippen LogP contribution in [-0.2, 0) is 11.3 Å². The lowest BCUT2D eigenvalue weighted by atomic mass is 10.2. The maximum Gasteiger partial charge on any atom is 0.242 e. The summed E-state index contributed by atoms with van der Waals surface area (Å²) in [5, 5.41) is 8.93. The zero-order chi connectivity index (χ0) is 19.2. The van der Waals surface area contributed by atoms with E-state index in [4.69, 9.17) is 0 Å². The van der Waals surface area contributed by atoms with Crippen LogP contribution in [0.4, 0.5) is 4.39 Å². The SMILES string of the molecule is CCCC1SC(=NN=Cc2ccc(C)cc2)N(Cc2ccc(F)cc2)C1=O. The molecule has 0 radical (unpaired) electrons. The average Bonchev–Trinajstić information content (AvgIpc) is 2.94. The molecule has 27 heavy (non-hydrogen) atoms. The van der Waals surface area contributed by atoms with Crippen LogP contribution in [0, 0.1) is 12.7 Å². The number of carbonyl (C=O) groups excluding carboxylic acids is 1. The van der Waals surface area contributed by atoms with Gasteiger partial charge in [0.15, 0.2) is 5.17 Å². The fraction of sp³-hybridized carbons (Fsp3) is 0.286. The second-order valence-electron chi connectivity index (χ2n) is 6.48. The molecular weight excluding hydrogens is 361 g/mol. The summed E-state index contributed by atoms with van der Waals surface area (Å²) in [6.45, 7) is 4.46. The molecule has 1 atom stereocenters. The summed E-state index contributed by atoms with van der Waals surface area (Å²) in [5.74, 6) is -0.253. The van der Waals surface area contributed by atoms with E-state index in [1.807, 2.05) is 31.2 Å². The Labute approximate surface area is 163 Å². The van der Waals surface area contributed by atoms with Crippen molar-refractivity contribution in [2.24, 2.45) is 10.2 Å². The summed E-state index contributed by atoms with van der Waals surface area (Å²) >= 11 is 1.45. The molecule has 0 spiro atoms. The van der Waals surface area contributed by atoms with Gasteiger partial charge in [-0.15, -0.1) is 5.10 Å². The van der Waals surface area contributed by atoms with Gasteiger partial charge in [-0.2, -0.15) is 5.10 Å². The molecule has 2 aromatic rings. The van der Waals surface area contributed by atoms with E-state index in [-0.39, 0.29) is 17.0 Å². The summed E-state index contributed by atoms with van der Waals surface area (Å²) in [6, 6.07) is 14.2. The first-order valence-corrected chi connectivity index (χ1v) is 9.85. The lowest BCUT2D eigenvalue weighted by Gasteiger charge is -2.15. The molecule has 0 bridgehead atoms. The van der Waals surface area contributed by atoms with Gasteiger partial charge in [0.1, 0.15) is 5.82 Å². The van der Waals surface area contributed by atoms with Crippen LogP contribution < -0.4 is 0 Å². The summed E-state index contributed by atoms with van der Waals surface area (Å²) < 4.78 is 13.1. The highest BCUT2D eigenvalue weighted by molar-refractivity contribution is 8.15. The monoisotopic (exact) mass is 383 g/mol. The molecule has 1 fully saturated rings. The molecule has 1 aliphatic rings. The van der Waals surface area contributed by atoms with Gasteiger partial charge in [0.2, 0.25) is 5.91 Å². The topological polar surface area (TPSA) is 45.0 Å². The molecule has 1 amide bonds. The third kappa shape index (κ3) is 5.04. The second kappa shape index (κ2) is 8.95. The number of carbonyl (C=O) groups is 1. The standard InChI is InChI=1S/C21H22FN3OS/c1-3-4-19-20(26)25(14-17-9-11-18(22)12-10-17)21(27-19)24-23-13-16-7-5-15(2)6-8-16/h5-13,19H,3-4,14H2,1-2H3. The van der Waals surface area contributed by atoms with Gasteiger partial charge in [0.25, 0.3) is 0 Å². The van der Waals surface area contributed by atoms with Crippen molar-refractivity contribution >= 4 is 29.1 Å². The molecule has 1 aliphatic heterocycles. The van der Waals surface area contributed by atoms with E-state index in [2.05, 4.69) is 17.1 Å². The largest absolute Gasteiger partial charge is 0.284 e. The summed E-state index contributed by atoms with van der Waals surface area (Å²) in [5.41, 5.74) is 3.00. The third-order valence-electron chi connectivity index (χ3n) is 4.25. The summed E-state index contributed by atoms with van der Waals surface area (Å²) in [6.07, 6.45) is 3.40. The normalized spacial score (nSPS) is 18.8. The maximum absolute atomic E-state index is 13.1. The van der Waals surface area contributed by atoms with Crippen LogP contribution in [0.5, 0.6) is 0 Å². The molecule has 0 N–H and O–H groups in total. The van der Waals surface area contributed by atoms with Gasteiger partial charge in [-0.05, 0) is 36.6 Å². The molecule has 0 aliphatic carbocycles. The predicted octanol–water partition coefficient (Wildman–Crippen LogP) is 4.77. The highest BCUT2D eigenvalue weighted by Crippen LogP contribution is 2.31. The molecule has 1 saturated heterocycles. The smallest absolute Gasteiger partial charge is 0.242 e. The van der Waals surface area contributed by atoms with E-state index in [1.54, 1.807) is 23.2 Å². The number of halogens is 1. The Hall–Kier alpha value is -2.47. The highest BCUT2D eigenvalue weighted by atomic mass is 32.2. The van der Waals surface area contributed by atoms with Crippen molar-refractivity contribution in [3.05, 3.63) is 71.0 Å². The quantitative estimate of drug-likeness (QED) is 0.533. The number of nitrogens with zero attached hydrogens (tertiary/aromatic N) is 3. The molecule has 4 nitrogen and oxygen atoms in total. The molecule has 2 aromatic carbocycles. The van der Waals surface area contributed by atoms with E-state index in [0.717, 1.165) is 24.0 Å². The third-order valence-corrected chi connectivity index (χ3v) is 5.49. The van der Waals surface area contributed by atoms with Crippen LogP contribution >= 0.6 is 11.8 Å². The Morgan fingerprint density at radius 2 is 1.85 bits per heavy atom. The molecular formula is C21H22FN3OS. The molecule has 1 heterocycles. The average molecular weight is 383 g/mol. The van der Waals surface area contributed by atoms with Crippen LogP contribution in [0.1, 0.15) is 36.5 Å². The van der Waals surface area contributed by atoms with E-state index < -0.39 is 0 Å². The van der Waals surface area contributed by atoms with E-state index in [9.17, 15) is 9.18 Å². The van der Waals surface area contributed by atoms with Crippen LogP contribution in [0.2, 0.25) is 0 Å². The Kier molecular flexibility index (Phi) is 6.40. The first-order chi connectivity index (χ1) is 13.1. The molecule has 140 valence electrons. The van der Waals surface area contributed by atoms with Gasteiger partial charge >= 0.3 is 0 Å². The van der Waals surface area contributed by atoms with Gasteiger partial charge in [-0.1, -0.05) is 67.1 Å². The van der Waals surface area contributed by atoms with Crippen molar-refractivity contribution in [1.29, 1.82) is 0 Å². The summed E-state index contributed by atoms with van der Waals surface area (Å²) in [4.78, 5) is 14.4. The van der Waals surface area contributed by atoms with Crippen LogP contribution in [0.25, 0.3) is 0 Å². The lowest BCUT2D eigenvalue weighted by Crippen LogP contribution is -2.31. The van der Waals surface area contributed by atoms with E-state index in [1.165, 1.54) is 29.5 Å². The number of hydrogen-bond acceptors (Lipinski definition) is 4. The summed E-state index contributed by atoms with van der Waals surface area (Å²) in [7, 11) is 0. The minimum absolute atomic E-state index is 0.0375. The molecule has 0 saturated carbocycles. The van der Waals surface area contributed by atoms with Gasteiger partial charge in [0, 0.05) is 0 Å². The molecule has 1 unspecified atom stereocenters. The van der Waals surface area contributed by atoms with Gasteiger partial charge in [-0.3, -0.25) is 9.69 Å². The number of hydrogen-bond donors (Lipinski definition) is 0.